The van der Waals surface area contributed by atoms with Crippen molar-refractivity contribution < 1.29 is 28.9 Å². The van der Waals surface area contributed by atoms with E-state index in [0.29, 0.717) is 38.1 Å². The molecule has 0 aromatic heterocycles. The van der Waals surface area contributed by atoms with Gasteiger partial charge in [-0.15, -0.1) is 0 Å². The molecule has 0 radical (unpaired) electrons. The number of ether oxygens (including phenoxy) is 3. The Morgan fingerprint density at radius 1 is 0.892 bits per heavy atom. The molecule has 0 spiro atoms. The van der Waals surface area contributed by atoms with Crippen LogP contribution in [0, 0.1) is 5.92 Å². The molecule has 1 fully saturated rings. The highest BCUT2D eigenvalue weighted by Crippen LogP contribution is 2.42. The molecule has 1 saturated heterocycles. The van der Waals surface area contributed by atoms with Crippen molar-refractivity contribution in [2.24, 2.45) is 5.92 Å². The third-order valence-electron chi connectivity index (χ3n) is 7.65. The minimum atomic E-state index is -1.19. The van der Waals surface area contributed by atoms with Crippen molar-refractivity contribution in [1.29, 1.82) is 0 Å². The molecule has 0 aliphatic carbocycles. The van der Waals surface area contributed by atoms with Gasteiger partial charge >= 0.3 is 0 Å². The fraction of sp³-hybridized carbons (Fsp3) is 0.333. The number of nitrogens with zero attached hydrogens (tertiary/aromatic N) is 1. The number of rotatable bonds is 6. The van der Waals surface area contributed by atoms with E-state index >= 15 is 0 Å². The topological polar surface area (TPSA) is 85.3 Å². The van der Waals surface area contributed by atoms with Gasteiger partial charge < -0.3 is 19.5 Å². The summed E-state index contributed by atoms with van der Waals surface area (Å²) in [6.07, 6.45) is -0.332. The van der Waals surface area contributed by atoms with E-state index in [0.717, 1.165) is 22.4 Å². The molecule has 3 aromatic carbocycles. The van der Waals surface area contributed by atoms with Gasteiger partial charge in [-0.25, -0.2) is 0 Å². The molecule has 3 aliphatic rings. The third kappa shape index (κ3) is 4.49. The molecule has 7 heteroatoms. The number of hydrogen-bond donors (Lipinski definition) is 1. The Morgan fingerprint density at radius 3 is 2.19 bits per heavy atom. The second kappa shape index (κ2) is 9.65. The van der Waals surface area contributed by atoms with Crippen LogP contribution in [0.2, 0.25) is 0 Å². The van der Waals surface area contributed by atoms with Crippen molar-refractivity contribution in [3.8, 4) is 11.5 Å². The number of carbonyl (C=O) groups excluding carboxylic acids is 2. The summed E-state index contributed by atoms with van der Waals surface area (Å²) >= 11 is 0. The van der Waals surface area contributed by atoms with Gasteiger partial charge in [-0.05, 0) is 48.1 Å². The van der Waals surface area contributed by atoms with Crippen molar-refractivity contribution in [2.45, 2.75) is 43.9 Å². The Balaban J connectivity index is 1.11. The largest absolute Gasteiger partial charge is 0.464 e. The van der Waals surface area contributed by atoms with Crippen LogP contribution in [0.1, 0.15) is 36.0 Å². The van der Waals surface area contributed by atoms with Crippen molar-refractivity contribution in [3.63, 3.8) is 0 Å². The van der Waals surface area contributed by atoms with E-state index in [2.05, 4.69) is 0 Å². The lowest BCUT2D eigenvalue weighted by Gasteiger charge is -2.42. The van der Waals surface area contributed by atoms with E-state index in [9.17, 15) is 14.7 Å². The van der Waals surface area contributed by atoms with Crippen LogP contribution in [0.15, 0.2) is 78.9 Å². The fourth-order valence-electron chi connectivity index (χ4n) is 5.69. The second-order valence-corrected chi connectivity index (χ2v) is 9.90. The van der Waals surface area contributed by atoms with Gasteiger partial charge in [0, 0.05) is 25.1 Å². The maximum atomic E-state index is 13.1. The summed E-state index contributed by atoms with van der Waals surface area (Å²) in [6, 6.07) is 24.8. The van der Waals surface area contributed by atoms with Crippen LogP contribution in [0.4, 0.5) is 0 Å². The summed E-state index contributed by atoms with van der Waals surface area (Å²) in [5.41, 5.74) is 1.50. The highest BCUT2D eigenvalue weighted by molar-refractivity contribution is 5.99. The van der Waals surface area contributed by atoms with Crippen LogP contribution in [-0.2, 0) is 26.3 Å². The standard InChI is InChI=1S/C30H29NO6/c32-25(29-35-24-11-12-26-20(17-24)18-28(36-26)37-29)19-27(33)31-15-13-23(14-16-31)30(34,21-7-3-1-4-8-21)22-9-5-2-6-10-22/h1-12,17,23,28-29,34H,13-16,18-19H2. The molecule has 0 saturated carbocycles. The van der Waals surface area contributed by atoms with E-state index in [1.165, 1.54) is 0 Å². The first-order chi connectivity index (χ1) is 18.0. The average molecular weight is 500 g/mol. The zero-order valence-corrected chi connectivity index (χ0v) is 20.4. The van der Waals surface area contributed by atoms with Crippen LogP contribution in [0.25, 0.3) is 0 Å². The van der Waals surface area contributed by atoms with Crippen LogP contribution < -0.4 is 9.47 Å². The molecule has 37 heavy (non-hydrogen) atoms. The minimum Gasteiger partial charge on any atom is -0.464 e. The van der Waals surface area contributed by atoms with E-state index < -0.39 is 24.0 Å². The summed E-state index contributed by atoms with van der Waals surface area (Å²) in [5, 5.41) is 12.1. The van der Waals surface area contributed by atoms with E-state index in [1.54, 1.807) is 11.0 Å². The smallest absolute Gasteiger partial charge is 0.263 e. The lowest BCUT2D eigenvalue weighted by Crippen LogP contribution is -2.47. The normalized spacial score (nSPS) is 21.1. The predicted octanol–water partition coefficient (Wildman–Crippen LogP) is 3.82. The number of likely N-dealkylation sites (tertiary alicyclic amines) is 1. The predicted molar refractivity (Wildman–Crippen MR) is 135 cm³/mol. The van der Waals surface area contributed by atoms with Gasteiger partial charge in [-0.2, -0.15) is 0 Å². The number of fused-ring (bicyclic) bond motifs is 2. The van der Waals surface area contributed by atoms with Gasteiger partial charge in [0.05, 0.1) is 6.42 Å². The lowest BCUT2D eigenvalue weighted by molar-refractivity contribution is -0.187. The quantitative estimate of drug-likeness (QED) is 0.519. The van der Waals surface area contributed by atoms with Crippen LogP contribution in [-0.4, -0.2) is 47.4 Å². The molecule has 3 heterocycles. The van der Waals surface area contributed by atoms with E-state index in [-0.39, 0.29) is 18.2 Å². The number of benzene rings is 3. The number of Topliss-reactive ketones (excluding diaryl/α,β-unsaturated/α-hetero) is 1. The Morgan fingerprint density at radius 2 is 1.54 bits per heavy atom. The van der Waals surface area contributed by atoms with Crippen molar-refractivity contribution in [2.75, 3.05) is 13.1 Å². The number of piperidine rings is 1. The Kier molecular flexibility index (Phi) is 6.18. The molecule has 1 amide bonds. The molecular formula is C30H29NO6. The average Bonchev–Trinajstić information content (AvgIpc) is 3.39. The molecule has 3 bridgehead atoms. The first kappa shape index (κ1) is 23.7. The van der Waals surface area contributed by atoms with Crippen molar-refractivity contribution in [1.82, 2.24) is 4.90 Å². The first-order valence-corrected chi connectivity index (χ1v) is 12.8. The summed E-state index contributed by atoms with van der Waals surface area (Å²) in [4.78, 5) is 27.8. The summed E-state index contributed by atoms with van der Waals surface area (Å²) in [6.45, 7) is 0.919. The zero-order chi connectivity index (χ0) is 25.4. The number of amides is 1. The SMILES string of the molecule is O=C(CC(=O)N1CCC(C(O)(c2ccccc2)c2ccccc2)CC1)C1Oc2ccc3c(c2)CC(O3)O1. The molecule has 3 aliphatic heterocycles. The molecule has 7 nitrogen and oxygen atoms in total. The Labute approximate surface area is 215 Å². The zero-order valence-electron chi connectivity index (χ0n) is 20.4. The van der Waals surface area contributed by atoms with Gasteiger partial charge in [0.1, 0.15) is 17.1 Å². The molecule has 2 atom stereocenters. The molecule has 1 N–H and O–H groups in total. The molecule has 2 unspecified atom stereocenters. The van der Waals surface area contributed by atoms with E-state index in [1.807, 2.05) is 72.8 Å². The molecule has 3 aromatic rings. The lowest BCUT2D eigenvalue weighted by atomic mass is 9.72. The monoisotopic (exact) mass is 499 g/mol. The van der Waals surface area contributed by atoms with Gasteiger partial charge in [0.15, 0.2) is 0 Å². The Hall–Kier alpha value is -3.68. The minimum absolute atomic E-state index is 0.0779. The van der Waals surface area contributed by atoms with Crippen molar-refractivity contribution >= 4 is 11.7 Å². The molecule has 190 valence electrons. The number of carbonyl (C=O) groups is 2. The van der Waals surface area contributed by atoms with Crippen LogP contribution in [0.3, 0.4) is 0 Å². The fourth-order valence-corrected chi connectivity index (χ4v) is 5.69. The van der Waals surface area contributed by atoms with E-state index in [4.69, 9.17) is 14.2 Å². The summed E-state index contributed by atoms with van der Waals surface area (Å²) in [7, 11) is 0. The summed E-state index contributed by atoms with van der Waals surface area (Å²) < 4.78 is 17.2. The number of ketones is 1. The van der Waals surface area contributed by atoms with Crippen molar-refractivity contribution in [3.05, 3.63) is 95.6 Å². The highest BCUT2D eigenvalue weighted by atomic mass is 16.8. The highest BCUT2D eigenvalue weighted by Gasteiger charge is 2.42. The molecular weight excluding hydrogens is 470 g/mol. The first-order valence-electron chi connectivity index (χ1n) is 12.8. The van der Waals surface area contributed by atoms with Gasteiger partial charge in [0.2, 0.25) is 18.0 Å². The van der Waals surface area contributed by atoms with Gasteiger partial charge in [-0.3, -0.25) is 14.3 Å². The molecule has 6 rings (SSSR count). The second-order valence-electron chi connectivity index (χ2n) is 9.90. The van der Waals surface area contributed by atoms with Crippen LogP contribution in [0.5, 0.6) is 11.5 Å². The van der Waals surface area contributed by atoms with Gasteiger partial charge in [-0.1, -0.05) is 60.7 Å². The third-order valence-corrected chi connectivity index (χ3v) is 7.65. The number of aliphatic hydroxyl groups is 1. The number of hydrogen-bond acceptors (Lipinski definition) is 6. The maximum absolute atomic E-state index is 13.1. The Bertz CT molecular complexity index is 1250. The summed E-state index contributed by atoms with van der Waals surface area (Å²) in [5.74, 6) is 0.485. The van der Waals surface area contributed by atoms with Gasteiger partial charge in [0.25, 0.3) is 6.29 Å². The van der Waals surface area contributed by atoms with Crippen LogP contribution >= 0.6 is 0 Å². The maximum Gasteiger partial charge on any atom is 0.263 e.